The number of carboxylic acid groups (broad SMARTS) is 1. The van der Waals surface area contributed by atoms with Crippen molar-refractivity contribution in [3.63, 3.8) is 0 Å². The van der Waals surface area contributed by atoms with Crippen molar-refractivity contribution in [2.45, 2.75) is 64.3 Å². The van der Waals surface area contributed by atoms with E-state index in [1.807, 2.05) is 0 Å². The van der Waals surface area contributed by atoms with Gasteiger partial charge >= 0.3 is 5.97 Å². The van der Waals surface area contributed by atoms with Gasteiger partial charge in [0.1, 0.15) is 5.54 Å². The molecule has 0 aromatic carbocycles. The Labute approximate surface area is 98.4 Å². The standard InChI is InChI=1S/C13H25NO2/c1-3-10(4-5-11-6-7-11)8-9-13(2,14)12(15)16/h10-11H,3-9,14H2,1-2H3,(H,15,16). The van der Waals surface area contributed by atoms with Crippen molar-refractivity contribution in [3.8, 4) is 0 Å². The first-order valence-corrected chi connectivity index (χ1v) is 6.48. The van der Waals surface area contributed by atoms with Crippen LogP contribution in [0.15, 0.2) is 0 Å². The summed E-state index contributed by atoms with van der Waals surface area (Å²) < 4.78 is 0. The molecule has 0 aromatic heterocycles. The highest BCUT2D eigenvalue weighted by molar-refractivity contribution is 5.77. The van der Waals surface area contributed by atoms with Crippen molar-refractivity contribution in [2.75, 3.05) is 0 Å². The SMILES string of the molecule is CCC(CCC1CC1)CCC(C)(N)C(=O)O. The van der Waals surface area contributed by atoms with Gasteiger partial charge in [-0.2, -0.15) is 0 Å². The molecule has 0 saturated heterocycles. The third-order valence-corrected chi connectivity index (χ3v) is 3.82. The summed E-state index contributed by atoms with van der Waals surface area (Å²) in [6.07, 6.45) is 8.06. The summed E-state index contributed by atoms with van der Waals surface area (Å²) in [5, 5.41) is 8.93. The van der Waals surface area contributed by atoms with Crippen LogP contribution in [-0.2, 0) is 4.79 Å². The molecule has 1 fully saturated rings. The van der Waals surface area contributed by atoms with Gasteiger partial charge in [0, 0.05) is 0 Å². The van der Waals surface area contributed by atoms with Crippen LogP contribution in [0.1, 0.15) is 58.8 Å². The molecule has 3 nitrogen and oxygen atoms in total. The van der Waals surface area contributed by atoms with Crippen molar-refractivity contribution in [3.05, 3.63) is 0 Å². The predicted octanol–water partition coefficient (Wildman–Crippen LogP) is 2.79. The van der Waals surface area contributed by atoms with Crippen molar-refractivity contribution < 1.29 is 9.90 Å². The van der Waals surface area contributed by atoms with E-state index in [9.17, 15) is 4.79 Å². The molecular formula is C13H25NO2. The van der Waals surface area contributed by atoms with Gasteiger partial charge in [-0.05, 0) is 31.6 Å². The minimum atomic E-state index is -1.05. The average molecular weight is 227 g/mol. The van der Waals surface area contributed by atoms with Gasteiger partial charge in [0.05, 0.1) is 0 Å². The molecule has 94 valence electrons. The first-order valence-electron chi connectivity index (χ1n) is 6.48. The Morgan fingerprint density at radius 2 is 2.12 bits per heavy atom. The topological polar surface area (TPSA) is 63.3 Å². The molecule has 0 bridgehead atoms. The maximum atomic E-state index is 10.9. The fraction of sp³-hybridized carbons (Fsp3) is 0.923. The van der Waals surface area contributed by atoms with E-state index in [1.165, 1.54) is 25.7 Å². The Kier molecular flexibility index (Phi) is 4.78. The third-order valence-electron chi connectivity index (χ3n) is 3.82. The molecule has 3 N–H and O–H groups in total. The van der Waals surface area contributed by atoms with Crippen LogP contribution in [0.5, 0.6) is 0 Å². The minimum Gasteiger partial charge on any atom is -0.480 e. The van der Waals surface area contributed by atoms with Crippen molar-refractivity contribution in [1.82, 2.24) is 0 Å². The van der Waals surface area contributed by atoms with Crippen LogP contribution in [0.4, 0.5) is 0 Å². The van der Waals surface area contributed by atoms with E-state index >= 15 is 0 Å². The lowest BCUT2D eigenvalue weighted by molar-refractivity contribution is -0.143. The van der Waals surface area contributed by atoms with Crippen LogP contribution >= 0.6 is 0 Å². The van der Waals surface area contributed by atoms with Gasteiger partial charge in [-0.15, -0.1) is 0 Å². The molecule has 3 heteroatoms. The summed E-state index contributed by atoms with van der Waals surface area (Å²) in [5.41, 5.74) is 4.68. The van der Waals surface area contributed by atoms with Gasteiger partial charge in [-0.25, -0.2) is 0 Å². The van der Waals surface area contributed by atoms with Crippen LogP contribution in [0, 0.1) is 11.8 Å². The quantitative estimate of drug-likeness (QED) is 0.670. The molecule has 0 aromatic rings. The zero-order valence-corrected chi connectivity index (χ0v) is 10.5. The summed E-state index contributed by atoms with van der Waals surface area (Å²) in [4.78, 5) is 10.9. The van der Waals surface area contributed by atoms with Crippen molar-refractivity contribution in [2.24, 2.45) is 17.6 Å². The van der Waals surface area contributed by atoms with Gasteiger partial charge in [0.25, 0.3) is 0 Å². The second kappa shape index (κ2) is 5.67. The molecular weight excluding hydrogens is 202 g/mol. The second-order valence-corrected chi connectivity index (χ2v) is 5.56. The maximum absolute atomic E-state index is 10.9. The number of rotatable bonds is 8. The fourth-order valence-electron chi connectivity index (χ4n) is 2.04. The molecule has 16 heavy (non-hydrogen) atoms. The van der Waals surface area contributed by atoms with E-state index in [2.05, 4.69) is 6.92 Å². The Morgan fingerprint density at radius 3 is 2.56 bits per heavy atom. The summed E-state index contributed by atoms with van der Waals surface area (Å²) >= 11 is 0. The Morgan fingerprint density at radius 1 is 1.50 bits per heavy atom. The molecule has 0 spiro atoms. The fourth-order valence-corrected chi connectivity index (χ4v) is 2.04. The van der Waals surface area contributed by atoms with Crippen LogP contribution in [-0.4, -0.2) is 16.6 Å². The lowest BCUT2D eigenvalue weighted by Crippen LogP contribution is -2.45. The highest BCUT2D eigenvalue weighted by Gasteiger charge is 2.29. The van der Waals surface area contributed by atoms with E-state index in [4.69, 9.17) is 10.8 Å². The van der Waals surface area contributed by atoms with E-state index < -0.39 is 11.5 Å². The number of carboxylic acids is 1. The minimum absolute atomic E-state index is 0.589. The Bertz CT molecular complexity index is 234. The van der Waals surface area contributed by atoms with Crippen LogP contribution < -0.4 is 5.73 Å². The highest BCUT2D eigenvalue weighted by Crippen LogP contribution is 2.36. The summed E-state index contributed by atoms with van der Waals surface area (Å²) in [6.45, 7) is 3.80. The number of aliphatic carboxylic acids is 1. The predicted molar refractivity (Wildman–Crippen MR) is 65.2 cm³/mol. The molecule has 0 radical (unpaired) electrons. The monoisotopic (exact) mass is 227 g/mol. The molecule has 0 heterocycles. The zero-order valence-electron chi connectivity index (χ0n) is 10.5. The van der Waals surface area contributed by atoms with Crippen LogP contribution in [0.25, 0.3) is 0 Å². The number of hydrogen-bond donors (Lipinski definition) is 2. The van der Waals surface area contributed by atoms with Gasteiger partial charge < -0.3 is 10.8 Å². The van der Waals surface area contributed by atoms with Gasteiger partial charge in [-0.3, -0.25) is 4.79 Å². The van der Waals surface area contributed by atoms with E-state index in [0.717, 1.165) is 18.8 Å². The van der Waals surface area contributed by atoms with Crippen LogP contribution in [0.3, 0.4) is 0 Å². The highest BCUT2D eigenvalue weighted by atomic mass is 16.4. The smallest absolute Gasteiger partial charge is 0.323 e. The van der Waals surface area contributed by atoms with E-state index in [1.54, 1.807) is 6.92 Å². The first kappa shape index (κ1) is 13.5. The van der Waals surface area contributed by atoms with E-state index in [0.29, 0.717) is 12.3 Å². The summed E-state index contributed by atoms with van der Waals surface area (Å²) in [6, 6.07) is 0. The number of carbonyl (C=O) groups is 1. The number of hydrogen-bond acceptors (Lipinski definition) is 2. The average Bonchev–Trinajstić information content (AvgIpc) is 3.01. The van der Waals surface area contributed by atoms with Gasteiger partial charge in [0.15, 0.2) is 0 Å². The lowest BCUT2D eigenvalue weighted by atomic mass is 9.87. The Hall–Kier alpha value is -0.570. The molecule has 0 aliphatic heterocycles. The zero-order chi connectivity index (χ0) is 12.2. The van der Waals surface area contributed by atoms with Crippen molar-refractivity contribution in [1.29, 1.82) is 0 Å². The van der Waals surface area contributed by atoms with Gasteiger partial charge in [-0.1, -0.05) is 39.0 Å². The second-order valence-electron chi connectivity index (χ2n) is 5.56. The van der Waals surface area contributed by atoms with Gasteiger partial charge in [0.2, 0.25) is 0 Å². The summed E-state index contributed by atoms with van der Waals surface area (Å²) in [7, 11) is 0. The molecule has 2 atom stereocenters. The largest absolute Gasteiger partial charge is 0.480 e. The van der Waals surface area contributed by atoms with Crippen molar-refractivity contribution >= 4 is 5.97 Å². The Balaban J connectivity index is 2.23. The third kappa shape index (κ3) is 4.52. The summed E-state index contributed by atoms with van der Waals surface area (Å²) in [5.74, 6) is 0.741. The molecule has 0 amide bonds. The molecule has 1 saturated carbocycles. The first-order chi connectivity index (χ1) is 7.45. The molecule has 2 unspecified atom stereocenters. The molecule has 1 aliphatic rings. The normalized spacial score (nSPS) is 21.4. The maximum Gasteiger partial charge on any atom is 0.323 e. The lowest BCUT2D eigenvalue weighted by Gasteiger charge is -2.22. The number of nitrogens with two attached hydrogens (primary N) is 1. The van der Waals surface area contributed by atoms with Crippen LogP contribution in [0.2, 0.25) is 0 Å². The molecule has 1 aliphatic carbocycles. The molecule has 1 rings (SSSR count). The van der Waals surface area contributed by atoms with E-state index in [-0.39, 0.29) is 0 Å².